The lowest BCUT2D eigenvalue weighted by Crippen LogP contribution is -2.40. The summed E-state index contributed by atoms with van der Waals surface area (Å²) in [6.07, 6.45) is 5.31. The molecule has 11 heteroatoms. The standard InChI is InChI=1S/C19H25N7O3S/c1-19(2,3)15-8-13(23-24-15)17(27)25-7-5-6-12(10-25)16-14(30(4,28)29)9-20-18-21-11-22-26(16)18/h8-9,11-12H,5-7,10H2,1-4H3,(H,23,24)/t12-/m0/s1. The minimum Gasteiger partial charge on any atom is -0.337 e. The monoisotopic (exact) mass is 431 g/mol. The van der Waals surface area contributed by atoms with Gasteiger partial charge in [0.05, 0.1) is 11.9 Å². The number of rotatable bonds is 3. The van der Waals surface area contributed by atoms with Gasteiger partial charge in [-0.05, 0) is 18.9 Å². The van der Waals surface area contributed by atoms with Crippen LogP contribution in [0.1, 0.15) is 61.4 Å². The number of hydrogen-bond donors (Lipinski definition) is 1. The van der Waals surface area contributed by atoms with Crippen LogP contribution in [-0.4, -0.2) is 68.3 Å². The molecule has 160 valence electrons. The number of aromatic nitrogens is 6. The molecule has 3 aromatic heterocycles. The molecule has 0 spiro atoms. The minimum atomic E-state index is -3.53. The van der Waals surface area contributed by atoms with Gasteiger partial charge in [0, 0.05) is 36.4 Å². The van der Waals surface area contributed by atoms with E-state index in [-0.39, 0.29) is 22.1 Å². The van der Waals surface area contributed by atoms with Crippen molar-refractivity contribution in [3.63, 3.8) is 0 Å². The summed E-state index contributed by atoms with van der Waals surface area (Å²) in [6, 6.07) is 1.79. The fraction of sp³-hybridized carbons (Fsp3) is 0.526. The quantitative estimate of drug-likeness (QED) is 0.667. The first-order valence-electron chi connectivity index (χ1n) is 9.79. The molecule has 30 heavy (non-hydrogen) atoms. The first-order valence-corrected chi connectivity index (χ1v) is 11.7. The second kappa shape index (κ2) is 7.15. The number of aromatic amines is 1. The Morgan fingerprint density at radius 2 is 2.03 bits per heavy atom. The summed E-state index contributed by atoms with van der Waals surface area (Å²) in [4.78, 5) is 23.1. The van der Waals surface area contributed by atoms with Crippen molar-refractivity contribution in [1.82, 2.24) is 34.7 Å². The Balaban J connectivity index is 1.67. The highest BCUT2D eigenvalue weighted by atomic mass is 32.2. The Morgan fingerprint density at radius 1 is 1.27 bits per heavy atom. The van der Waals surface area contributed by atoms with Gasteiger partial charge < -0.3 is 4.90 Å². The average Bonchev–Trinajstić information content (AvgIpc) is 3.35. The van der Waals surface area contributed by atoms with E-state index in [1.807, 2.05) is 20.8 Å². The third-order valence-corrected chi connectivity index (χ3v) is 6.52. The fourth-order valence-electron chi connectivity index (χ4n) is 3.80. The molecule has 1 amide bonds. The van der Waals surface area contributed by atoms with Crippen LogP contribution in [0.3, 0.4) is 0 Å². The minimum absolute atomic E-state index is 0.120. The Labute approximate surface area is 174 Å². The van der Waals surface area contributed by atoms with Crippen LogP contribution in [0.25, 0.3) is 5.78 Å². The number of amides is 1. The van der Waals surface area contributed by atoms with Gasteiger partial charge in [0.25, 0.3) is 11.7 Å². The fourth-order valence-corrected chi connectivity index (χ4v) is 4.68. The highest BCUT2D eigenvalue weighted by Crippen LogP contribution is 2.32. The van der Waals surface area contributed by atoms with Crippen LogP contribution in [0.5, 0.6) is 0 Å². The van der Waals surface area contributed by atoms with Crippen molar-refractivity contribution in [2.45, 2.75) is 49.8 Å². The third kappa shape index (κ3) is 3.69. The van der Waals surface area contributed by atoms with Gasteiger partial charge >= 0.3 is 0 Å². The number of H-pyrrole nitrogens is 1. The van der Waals surface area contributed by atoms with E-state index in [4.69, 9.17) is 0 Å². The van der Waals surface area contributed by atoms with E-state index in [0.29, 0.717) is 30.3 Å². The molecule has 0 bridgehead atoms. The van der Waals surface area contributed by atoms with Crippen LogP contribution in [0.2, 0.25) is 0 Å². The summed E-state index contributed by atoms with van der Waals surface area (Å²) in [5, 5.41) is 11.3. The molecule has 1 saturated heterocycles. The number of likely N-dealkylation sites (tertiary alicyclic amines) is 1. The SMILES string of the molecule is CC(C)(C)c1cc(C(=O)N2CCC[C@H](c3c(S(C)(=O)=O)cnc4ncnn34)C2)n[nH]1. The van der Waals surface area contributed by atoms with Crippen molar-refractivity contribution in [3.05, 3.63) is 35.7 Å². The van der Waals surface area contributed by atoms with Crippen LogP contribution in [-0.2, 0) is 15.3 Å². The number of nitrogens with zero attached hydrogens (tertiary/aromatic N) is 6. The van der Waals surface area contributed by atoms with E-state index in [0.717, 1.165) is 24.8 Å². The second-order valence-electron chi connectivity index (χ2n) is 8.76. The number of sulfone groups is 1. The highest BCUT2D eigenvalue weighted by Gasteiger charge is 2.32. The molecule has 1 atom stereocenters. The Hall–Kier alpha value is -2.82. The van der Waals surface area contributed by atoms with Crippen LogP contribution in [0.4, 0.5) is 0 Å². The van der Waals surface area contributed by atoms with Gasteiger partial charge in [-0.25, -0.2) is 13.4 Å². The summed E-state index contributed by atoms with van der Waals surface area (Å²) < 4.78 is 26.3. The highest BCUT2D eigenvalue weighted by molar-refractivity contribution is 7.90. The number of piperidine rings is 1. The summed E-state index contributed by atoms with van der Waals surface area (Å²) in [5.74, 6) is -0.0418. The zero-order valence-corrected chi connectivity index (χ0v) is 18.3. The zero-order chi connectivity index (χ0) is 21.7. The van der Waals surface area contributed by atoms with Crippen LogP contribution in [0.15, 0.2) is 23.5 Å². The normalized spacial score (nSPS) is 18.1. The van der Waals surface area contributed by atoms with Gasteiger partial charge in [-0.1, -0.05) is 20.8 Å². The Bertz CT molecular complexity index is 1210. The van der Waals surface area contributed by atoms with E-state index in [2.05, 4.69) is 25.3 Å². The molecule has 1 aliphatic rings. The summed E-state index contributed by atoms with van der Waals surface area (Å²) >= 11 is 0. The van der Waals surface area contributed by atoms with E-state index in [1.54, 1.807) is 11.0 Å². The van der Waals surface area contributed by atoms with Gasteiger partial charge in [0.2, 0.25) is 0 Å². The predicted molar refractivity (Wildman–Crippen MR) is 109 cm³/mol. The lowest BCUT2D eigenvalue weighted by Gasteiger charge is -2.33. The van der Waals surface area contributed by atoms with Crippen LogP contribution >= 0.6 is 0 Å². The maximum absolute atomic E-state index is 13.1. The lowest BCUT2D eigenvalue weighted by molar-refractivity contribution is 0.0698. The second-order valence-corrected chi connectivity index (χ2v) is 10.7. The van der Waals surface area contributed by atoms with Crippen molar-refractivity contribution in [2.24, 2.45) is 0 Å². The van der Waals surface area contributed by atoms with Crippen LogP contribution in [0, 0.1) is 0 Å². The molecular weight excluding hydrogens is 406 g/mol. The van der Waals surface area contributed by atoms with E-state index in [1.165, 1.54) is 17.0 Å². The van der Waals surface area contributed by atoms with E-state index >= 15 is 0 Å². The number of carbonyl (C=O) groups is 1. The molecule has 0 unspecified atom stereocenters. The lowest BCUT2D eigenvalue weighted by atomic mass is 9.92. The first-order chi connectivity index (χ1) is 14.1. The topological polar surface area (TPSA) is 126 Å². The molecule has 4 heterocycles. The van der Waals surface area contributed by atoms with Crippen molar-refractivity contribution >= 4 is 21.5 Å². The Morgan fingerprint density at radius 3 is 2.70 bits per heavy atom. The van der Waals surface area contributed by atoms with Gasteiger partial charge in [-0.2, -0.15) is 19.7 Å². The first kappa shape index (κ1) is 20.5. The molecule has 10 nitrogen and oxygen atoms in total. The average molecular weight is 432 g/mol. The summed E-state index contributed by atoms with van der Waals surface area (Å²) in [6.45, 7) is 7.10. The maximum atomic E-state index is 13.1. The molecule has 1 fully saturated rings. The van der Waals surface area contributed by atoms with Crippen molar-refractivity contribution in [3.8, 4) is 0 Å². The molecule has 1 aliphatic heterocycles. The maximum Gasteiger partial charge on any atom is 0.274 e. The van der Waals surface area contributed by atoms with E-state index in [9.17, 15) is 13.2 Å². The number of fused-ring (bicyclic) bond motifs is 1. The van der Waals surface area contributed by atoms with Crippen molar-refractivity contribution in [2.75, 3.05) is 19.3 Å². The number of hydrogen-bond acceptors (Lipinski definition) is 7. The number of nitrogens with one attached hydrogen (secondary N) is 1. The van der Waals surface area contributed by atoms with Gasteiger partial charge in [0.15, 0.2) is 9.84 Å². The molecule has 0 aliphatic carbocycles. The summed E-state index contributed by atoms with van der Waals surface area (Å²) in [5.41, 5.74) is 1.63. The van der Waals surface area contributed by atoms with Gasteiger partial charge in [0.1, 0.15) is 16.9 Å². The molecular formula is C19H25N7O3S. The predicted octanol–water partition coefficient (Wildman–Crippen LogP) is 1.57. The van der Waals surface area contributed by atoms with Gasteiger partial charge in [-0.3, -0.25) is 9.89 Å². The van der Waals surface area contributed by atoms with Gasteiger partial charge in [-0.15, -0.1) is 0 Å². The third-order valence-electron chi connectivity index (χ3n) is 5.41. The van der Waals surface area contributed by atoms with Crippen LogP contribution < -0.4 is 0 Å². The Kier molecular flexibility index (Phi) is 4.88. The van der Waals surface area contributed by atoms with Crippen molar-refractivity contribution in [1.29, 1.82) is 0 Å². The molecule has 0 saturated carbocycles. The largest absolute Gasteiger partial charge is 0.337 e. The molecule has 3 aromatic rings. The van der Waals surface area contributed by atoms with E-state index < -0.39 is 9.84 Å². The van der Waals surface area contributed by atoms with Crippen molar-refractivity contribution < 1.29 is 13.2 Å². The molecule has 4 rings (SSSR count). The molecule has 1 N–H and O–H groups in total. The molecule has 0 aromatic carbocycles. The smallest absolute Gasteiger partial charge is 0.274 e. The summed E-state index contributed by atoms with van der Waals surface area (Å²) in [7, 11) is -3.53. The molecule has 0 radical (unpaired) electrons. The number of carbonyl (C=O) groups excluding carboxylic acids is 1. The zero-order valence-electron chi connectivity index (χ0n) is 17.5.